The van der Waals surface area contributed by atoms with Crippen LogP contribution in [0, 0.1) is 0 Å². The quantitative estimate of drug-likeness (QED) is 0.218. The standard InChI is InChI=1S/C27H39N2O8/c1-30-13-17-34-22-7-5-8-23(35-18-14-31-2)26(22)28-11-12-29(21-28)27-24(36-19-15-32-3)9-6-10-25(27)37-20-16-33-4/h5-10,21H,11-20H2,1-4H3/q+1. The number of anilines is 1. The van der Waals surface area contributed by atoms with Crippen molar-refractivity contribution in [1.82, 2.24) is 0 Å². The first kappa shape index (κ1) is 28.5. The molecule has 0 bridgehead atoms. The van der Waals surface area contributed by atoms with Gasteiger partial charge in [-0.2, -0.15) is 0 Å². The molecule has 0 unspecified atom stereocenters. The van der Waals surface area contributed by atoms with Crippen LogP contribution >= 0.6 is 0 Å². The van der Waals surface area contributed by atoms with Crippen LogP contribution in [0.2, 0.25) is 0 Å². The van der Waals surface area contributed by atoms with Gasteiger partial charge in [-0.15, -0.1) is 0 Å². The molecule has 0 aromatic heterocycles. The third-order valence-corrected chi connectivity index (χ3v) is 5.54. The van der Waals surface area contributed by atoms with Crippen LogP contribution in [0.4, 0.5) is 11.4 Å². The summed E-state index contributed by atoms with van der Waals surface area (Å²) in [5.41, 5.74) is 1.69. The van der Waals surface area contributed by atoms with Crippen LogP contribution in [0.15, 0.2) is 36.4 Å². The predicted octanol–water partition coefficient (Wildman–Crippen LogP) is 2.98. The second kappa shape index (κ2) is 15.9. The van der Waals surface area contributed by atoms with Gasteiger partial charge in [0.25, 0.3) is 0 Å². The van der Waals surface area contributed by atoms with Gasteiger partial charge in [-0.05, 0) is 24.3 Å². The molecular formula is C27H39N2O8+. The van der Waals surface area contributed by atoms with Gasteiger partial charge in [0.1, 0.15) is 39.5 Å². The zero-order chi connectivity index (χ0) is 26.3. The first-order chi connectivity index (χ1) is 18.2. The summed E-state index contributed by atoms with van der Waals surface area (Å²) in [7, 11) is 6.61. The average Bonchev–Trinajstić information content (AvgIpc) is 3.39. The molecule has 0 spiro atoms. The third-order valence-electron chi connectivity index (χ3n) is 5.54. The molecule has 10 nitrogen and oxygen atoms in total. The molecule has 0 atom stereocenters. The molecule has 37 heavy (non-hydrogen) atoms. The second-order valence-corrected chi connectivity index (χ2v) is 8.07. The van der Waals surface area contributed by atoms with Gasteiger partial charge in [0.2, 0.25) is 17.7 Å². The lowest BCUT2D eigenvalue weighted by atomic mass is 10.2. The van der Waals surface area contributed by atoms with Crippen molar-refractivity contribution >= 4 is 17.7 Å². The van der Waals surface area contributed by atoms with E-state index in [0.29, 0.717) is 88.9 Å². The van der Waals surface area contributed by atoms with Crippen molar-refractivity contribution in [2.24, 2.45) is 0 Å². The van der Waals surface area contributed by atoms with Crippen molar-refractivity contribution in [3.8, 4) is 23.0 Å². The minimum Gasteiger partial charge on any atom is -0.487 e. The Labute approximate surface area is 219 Å². The zero-order valence-corrected chi connectivity index (χ0v) is 22.3. The summed E-state index contributed by atoms with van der Waals surface area (Å²) in [6.45, 7) is 5.05. The minimum atomic E-state index is 0.427. The molecular weight excluding hydrogens is 480 g/mol. The van der Waals surface area contributed by atoms with Gasteiger partial charge in [-0.25, -0.2) is 9.48 Å². The summed E-state index contributed by atoms with van der Waals surface area (Å²) in [5, 5.41) is 0. The lowest BCUT2D eigenvalue weighted by Crippen LogP contribution is -2.21. The molecule has 0 fully saturated rings. The molecule has 0 saturated carbocycles. The van der Waals surface area contributed by atoms with E-state index in [0.717, 1.165) is 11.4 Å². The highest BCUT2D eigenvalue weighted by Gasteiger charge is 2.32. The molecule has 3 rings (SSSR count). The third kappa shape index (κ3) is 8.22. The molecule has 0 aliphatic carbocycles. The fraction of sp³-hybridized carbons (Fsp3) is 0.519. The first-order valence-corrected chi connectivity index (χ1v) is 12.3. The largest absolute Gasteiger partial charge is 0.487 e. The van der Waals surface area contributed by atoms with Gasteiger partial charge < -0.3 is 37.9 Å². The second-order valence-electron chi connectivity index (χ2n) is 8.07. The van der Waals surface area contributed by atoms with E-state index in [9.17, 15) is 0 Å². The monoisotopic (exact) mass is 519 g/mol. The smallest absolute Gasteiger partial charge is 0.245 e. The summed E-state index contributed by atoms with van der Waals surface area (Å²) < 4.78 is 47.1. The number of ether oxygens (including phenoxy) is 8. The SMILES string of the molecule is COCCOc1cccc(OCCOC)c1N1C=[N+](c2c(OCCOC)cccc2OCCOC)CC1. The molecule has 2 aromatic rings. The van der Waals surface area contributed by atoms with Crippen LogP contribution in [-0.4, -0.2) is 105 Å². The van der Waals surface area contributed by atoms with E-state index in [1.807, 2.05) is 42.7 Å². The predicted molar refractivity (Wildman–Crippen MR) is 141 cm³/mol. The van der Waals surface area contributed by atoms with Crippen molar-refractivity contribution in [2.45, 2.75) is 0 Å². The molecule has 204 valence electrons. The van der Waals surface area contributed by atoms with E-state index in [2.05, 4.69) is 9.48 Å². The van der Waals surface area contributed by atoms with Crippen LogP contribution in [0.3, 0.4) is 0 Å². The fourth-order valence-corrected chi connectivity index (χ4v) is 3.81. The highest BCUT2D eigenvalue weighted by molar-refractivity contribution is 5.85. The first-order valence-electron chi connectivity index (χ1n) is 12.3. The van der Waals surface area contributed by atoms with E-state index in [4.69, 9.17) is 37.9 Å². The van der Waals surface area contributed by atoms with Crippen molar-refractivity contribution in [1.29, 1.82) is 0 Å². The summed E-state index contributed by atoms with van der Waals surface area (Å²) in [6, 6.07) is 11.6. The number of hydrogen-bond acceptors (Lipinski definition) is 9. The van der Waals surface area contributed by atoms with Gasteiger partial charge in [-0.1, -0.05) is 12.1 Å². The number of nitrogens with zero attached hydrogens (tertiary/aromatic N) is 2. The maximum absolute atomic E-state index is 6.06. The van der Waals surface area contributed by atoms with Crippen LogP contribution in [0.1, 0.15) is 0 Å². The van der Waals surface area contributed by atoms with Crippen LogP contribution in [0.25, 0.3) is 0 Å². The zero-order valence-electron chi connectivity index (χ0n) is 22.3. The van der Waals surface area contributed by atoms with Gasteiger partial charge in [-0.3, -0.25) is 0 Å². The Morgan fingerprint density at radius 3 is 1.43 bits per heavy atom. The Morgan fingerprint density at radius 1 is 0.595 bits per heavy atom. The number of rotatable bonds is 18. The highest BCUT2D eigenvalue weighted by atomic mass is 16.5. The van der Waals surface area contributed by atoms with Gasteiger partial charge in [0.05, 0.1) is 26.4 Å². The Balaban J connectivity index is 1.96. The van der Waals surface area contributed by atoms with Crippen LogP contribution in [-0.2, 0) is 18.9 Å². The Kier molecular flexibility index (Phi) is 12.3. The van der Waals surface area contributed by atoms with Gasteiger partial charge in [0.15, 0.2) is 23.0 Å². The van der Waals surface area contributed by atoms with Gasteiger partial charge in [0, 0.05) is 28.4 Å². The van der Waals surface area contributed by atoms with Crippen molar-refractivity contribution in [3.63, 3.8) is 0 Å². The molecule has 1 aliphatic rings. The normalized spacial score (nSPS) is 13.0. The summed E-state index contributed by atoms with van der Waals surface area (Å²) in [6.07, 6.45) is 2.03. The van der Waals surface area contributed by atoms with E-state index >= 15 is 0 Å². The molecule has 2 aromatic carbocycles. The molecule has 1 aliphatic heterocycles. The van der Waals surface area contributed by atoms with E-state index in [-0.39, 0.29) is 0 Å². The highest BCUT2D eigenvalue weighted by Crippen LogP contribution is 2.41. The van der Waals surface area contributed by atoms with Crippen molar-refractivity contribution in [2.75, 3.05) is 99.3 Å². The molecule has 10 heteroatoms. The maximum Gasteiger partial charge on any atom is 0.245 e. The van der Waals surface area contributed by atoms with E-state index in [1.54, 1.807) is 28.4 Å². The Bertz CT molecular complexity index is 928. The number of para-hydroxylation sites is 2. The average molecular weight is 520 g/mol. The van der Waals surface area contributed by atoms with Gasteiger partial charge >= 0.3 is 0 Å². The Morgan fingerprint density at radius 2 is 1.00 bits per heavy atom. The number of hydrogen-bond donors (Lipinski definition) is 0. The molecule has 1 heterocycles. The summed E-state index contributed by atoms with van der Waals surface area (Å²) in [4.78, 5) is 2.12. The van der Waals surface area contributed by atoms with Crippen LogP contribution in [0.5, 0.6) is 23.0 Å². The summed E-state index contributed by atoms with van der Waals surface area (Å²) >= 11 is 0. The van der Waals surface area contributed by atoms with Crippen molar-refractivity contribution in [3.05, 3.63) is 36.4 Å². The van der Waals surface area contributed by atoms with E-state index in [1.165, 1.54) is 0 Å². The molecule has 0 N–H and O–H groups in total. The molecule has 0 radical (unpaired) electrons. The topological polar surface area (TPSA) is 80.1 Å². The Hall–Kier alpha value is -3.05. The van der Waals surface area contributed by atoms with E-state index < -0.39 is 0 Å². The molecule has 0 saturated heterocycles. The summed E-state index contributed by atoms with van der Waals surface area (Å²) in [5.74, 6) is 2.86. The lowest BCUT2D eigenvalue weighted by Gasteiger charge is -2.17. The fourth-order valence-electron chi connectivity index (χ4n) is 3.81. The number of methoxy groups -OCH3 is 4. The van der Waals surface area contributed by atoms with Crippen molar-refractivity contribution < 1.29 is 42.5 Å². The maximum atomic E-state index is 6.06. The molecule has 0 amide bonds. The minimum absolute atomic E-state index is 0.427. The lowest BCUT2D eigenvalue weighted by molar-refractivity contribution is -0.425. The van der Waals surface area contributed by atoms with Crippen LogP contribution < -0.4 is 23.8 Å². The number of benzene rings is 2.